The van der Waals surface area contributed by atoms with Crippen molar-refractivity contribution in [1.82, 2.24) is 9.80 Å². The van der Waals surface area contributed by atoms with E-state index in [1.165, 1.54) is 0 Å². The zero-order valence-electron chi connectivity index (χ0n) is 15.0. The summed E-state index contributed by atoms with van der Waals surface area (Å²) in [6.45, 7) is 9.06. The molecule has 2 rings (SSSR count). The number of ether oxygens (including phenoxy) is 1. The van der Waals surface area contributed by atoms with Gasteiger partial charge in [-0.25, -0.2) is 0 Å². The molecule has 2 unspecified atom stereocenters. The van der Waals surface area contributed by atoms with E-state index in [2.05, 4.69) is 11.8 Å². The zero-order chi connectivity index (χ0) is 17.4. The Morgan fingerprint density at radius 3 is 2.71 bits per heavy atom. The maximum Gasteiger partial charge on any atom is 0.239 e. The minimum Gasteiger partial charge on any atom is -0.380 e. The van der Waals surface area contributed by atoms with Crippen molar-refractivity contribution in [3.8, 4) is 0 Å². The largest absolute Gasteiger partial charge is 0.380 e. The van der Waals surface area contributed by atoms with Crippen molar-refractivity contribution in [1.29, 1.82) is 0 Å². The lowest BCUT2D eigenvalue weighted by Gasteiger charge is -2.41. The Kier molecular flexibility index (Phi) is 7.69. The molecule has 2 atom stereocenters. The molecule has 0 aliphatic carbocycles. The van der Waals surface area contributed by atoms with Gasteiger partial charge in [-0.3, -0.25) is 9.69 Å². The predicted octanol–water partition coefficient (Wildman–Crippen LogP) is 1.52. The summed E-state index contributed by atoms with van der Waals surface area (Å²) in [5.41, 5.74) is 7.29. The highest BCUT2D eigenvalue weighted by Gasteiger charge is 2.30. The van der Waals surface area contributed by atoms with Crippen LogP contribution in [0.5, 0.6) is 0 Å². The Morgan fingerprint density at radius 1 is 1.29 bits per heavy atom. The molecule has 1 aromatic carbocycles. The smallest absolute Gasteiger partial charge is 0.239 e. The molecule has 0 radical (unpaired) electrons. The molecule has 1 saturated heterocycles. The van der Waals surface area contributed by atoms with Crippen LogP contribution in [0.1, 0.15) is 25.8 Å². The second-order valence-electron chi connectivity index (χ2n) is 6.38. The number of carbonyl (C=O) groups is 1. The lowest BCUT2D eigenvalue weighted by Crippen LogP contribution is -2.58. The third kappa shape index (κ3) is 5.30. The molecule has 5 heteroatoms. The van der Waals surface area contributed by atoms with Gasteiger partial charge in [-0.15, -0.1) is 0 Å². The van der Waals surface area contributed by atoms with Crippen LogP contribution in [0.25, 0.3) is 0 Å². The van der Waals surface area contributed by atoms with Gasteiger partial charge < -0.3 is 15.4 Å². The van der Waals surface area contributed by atoms with Crippen molar-refractivity contribution in [3.63, 3.8) is 0 Å². The quantitative estimate of drug-likeness (QED) is 0.733. The van der Waals surface area contributed by atoms with Gasteiger partial charge in [-0.05, 0) is 25.3 Å². The highest BCUT2D eigenvalue weighted by molar-refractivity contribution is 5.82. The number of hydrogen-bond donors (Lipinski definition) is 1. The lowest BCUT2D eigenvalue weighted by molar-refractivity contribution is -0.135. The second-order valence-corrected chi connectivity index (χ2v) is 6.38. The molecule has 0 bridgehead atoms. The van der Waals surface area contributed by atoms with Gasteiger partial charge in [0, 0.05) is 38.8 Å². The van der Waals surface area contributed by atoms with Crippen LogP contribution in [-0.4, -0.2) is 67.2 Å². The SMILES string of the molecule is CCOCCN1CCN(C(=O)C(N)Cc2ccccc2)CC1CC. The number of carbonyl (C=O) groups excluding carboxylic acids is 1. The molecule has 0 saturated carbocycles. The molecular formula is C19H31N3O2. The first-order valence-corrected chi connectivity index (χ1v) is 9.05. The van der Waals surface area contributed by atoms with Crippen LogP contribution in [0.3, 0.4) is 0 Å². The molecule has 1 heterocycles. The van der Waals surface area contributed by atoms with Crippen LogP contribution in [-0.2, 0) is 16.0 Å². The van der Waals surface area contributed by atoms with Gasteiger partial charge in [0.2, 0.25) is 5.91 Å². The first-order chi connectivity index (χ1) is 11.7. The minimum atomic E-state index is -0.458. The van der Waals surface area contributed by atoms with E-state index in [0.29, 0.717) is 12.5 Å². The number of piperazine rings is 1. The molecule has 1 aliphatic heterocycles. The molecule has 0 aromatic heterocycles. The van der Waals surface area contributed by atoms with Crippen LogP contribution >= 0.6 is 0 Å². The molecule has 1 aromatic rings. The van der Waals surface area contributed by atoms with E-state index in [0.717, 1.165) is 51.4 Å². The first-order valence-electron chi connectivity index (χ1n) is 9.05. The van der Waals surface area contributed by atoms with Crippen molar-refractivity contribution in [2.45, 2.75) is 38.8 Å². The van der Waals surface area contributed by atoms with Gasteiger partial charge in [0.1, 0.15) is 0 Å². The molecular weight excluding hydrogens is 302 g/mol. The summed E-state index contributed by atoms with van der Waals surface area (Å²) < 4.78 is 5.47. The molecule has 0 spiro atoms. The predicted molar refractivity (Wildman–Crippen MR) is 96.8 cm³/mol. The fourth-order valence-electron chi connectivity index (χ4n) is 3.29. The molecule has 24 heavy (non-hydrogen) atoms. The van der Waals surface area contributed by atoms with Crippen LogP contribution < -0.4 is 5.73 Å². The summed E-state index contributed by atoms with van der Waals surface area (Å²) in [6, 6.07) is 9.92. The second kappa shape index (κ2) is 9.77. The summed E-state index contributed by atoms with van der Waals surface area (Å²) >= 11 is 0. The fourth-order valence-corrected chi connectivity index (χ4v) is 3.29. The van der Waals surface area contributed by atoms with Crippen LogP contribution in [0.15, 0.2) is 30.3 Å². The monoisotopic (exact) mass is 333 g/mol. The van der Waals surface area contributed by atoms with Gasteiger partial charge in [-0.1, -0.05) is 37.3 Å². The highest BCUT2D eigenvalue weighted by Crippen LogP contribution is 2.14. The van der Waals surface area contributed by atoms with Gasteiger partial charge in [-0.2, -0.15) is 0 Å². The topological polar surface area (TPSA) is 58.8 Å². The van der Waals surface area contributed by atoms with Gasteiger partial charge >= 0.3 is 0 Å². The molecule has 134 valence electrons. The maximum absolute atomic E-state index is 12.7. The average Bonchev–Trinajstić information content (AvgIpc) is 2.62. The van der Waals surface area contributed by atoms with Gasteiger partial charge in [0.15, 0.2) is 0 Å². The Bertz CT molecular complexity index is 495. The Labute approximate surface area is 145 Å². The van der Waals surface area contributed by atoms with Crippen LogP contribution in [0.2, 0.25) is 0 Å². The van der Waals surface area contributed by atoms with Crippen LogP contribution in [0, 0.1) is 0 Å². The van der Waals surface area contributed by atoms with Crippen molar-refractivity contribution in [3.05, 3.63) is 35.9 Å². The normalized spacial score (nSPS) is 20.1. The average molecular weight is 333 g/mol. The number of benzene rings is 1. The van der Waals surface area contributed by atoms with Gasteiger partial charge in [0.05, 0.1) is 12.6 Å². The van der Waals surface area contributed by atoms with Crippen molar-refractivity contribution < 1.29 is 9.53 Å². The van der Waals surface area contributed by atoms with E-state index in [1.54, 1.807) is 0 Å². The van der Waals surface area contributed by atoms with Gasteiger partial charge in [0.25, 0.3) is 0 Å². The minimum absolute atomic E-state index is 0.0711. The number of nitrogens with zero attached hydrogens (tertiary/aromatic N) is 2. The maximum atomic E-state index is 12.7. The summed E-state index contributed by atoms with van der Waals surface area (Å²) in [4.78, 5) is 17.1. The molecule has 1 fully saturated rings. The van der Waals surface area contributed by atoms with Crippen LogP contribution in [0.4, 0.5) is 0 Å². The third-order valence-corrected chi connectivity index (χ3v) is 4.73. The van der Waals surface area contributed by atoms with Crippen molar-refractivity contribution in [2.75, 3.05) is 39.4 Å². The zero-order valence-corrected chi connectivity index (χ0v) is 15.0. The molecule has 2 N–H and O–H groups in total. The van der Waals surface area contributed by atoms with E-state index in [1.807, 2.05) is 42.2 Å². The number of amides is 1. The standard InChI is InChI=1S/C19H31N3O2/c1-3-17-15-22(11-10-21(17)12-13-24-4-2)19(23)18(20)14-16-8-6-5-7-9-16/h5-9,17-18H,3-4,10-15,20H2,1-2H3. The van der Waals surface area contributed by atoms with E-state index < -0.39 is 6.04 Å². The first kappa shape index (κ1) is 18.9. The van der Waals surface area contributed by atoms with E-state index >= 15 is 0 Å². The number of rotatable bonds is 8. The summed E-state index contributed by atoms with van der Waals surface area (Å²) in [5, 5.41) is 0. The Morgan fingerprint density at radius 2 is 2.04 bits per heavy atom. The number of nitrogens with two attached hydrogens (primary N) is 1. The van der Waals surface area contributed by atoms with Crippen molar-refractivity contribution in [2.24, 2.45) is 5.73 Å². The molecule has 1 aliphatic rings. The summed E-state index contributed by atoms with van der Waals surface area (Å²) in [6.07, 6.45) is 1.63. The summed E-state index contributed by atoms with van der Waals surface area (Å²) in [5.74, 6) is 0.0711. The van der Waals surface area contributed by atoms with E-state index in [-0.39, 0.29) is 5.91 Å². The van der Waals surface area contributed by atoms with E-state index in [9.17, 15) is 4.79 Å². The Hall–Kier alpha value is -1.43. The Balaban J connectivity index is 1.87. The third-order valence-electron chi connectivity index (χ3n) is 4.73. The summed E-state index contributed by atoms with van der Waals surface area (Å²) in [7, 11) is 0. The molecule has 5 nitrogen and oxygen atoms in total. The number of hydrogen-bond acceptors (Lipinski definition) is 4. The van der Waals surface area contributed by atoms with Crippen molar-refractivity contribution >= 4 is 5.91 Å². The highest BCUT2D eigenvalue weighted by atomic mass is 16.5. The molecule has 1 amide bonds. The lowest BCUT2D eigenvalue weighted by atomic mass is 10.0. The fraction of sp³-hybridized carbons (Fsp3) is 0.632. The van der Waals surface area contributed by atoms with E-state index in [4.69, 9.17) is 10.5 Å².